The lowest BCUT2D eigenvalue weighted by atomic mass is 9.97. The Morgan fingerprint density at radius 2 is 2.19 bits per heavy atom. The second-order valence-corrected chi connectivity index (χ2v) is 7.33. The van der Waals surface area contributed by atoms with Gasteiger partial charge in [-0.1, -0.05) is 25.5 Å². The number of hydrogen-bond donors (Lipinski definition) is 1. The van der Waals surface area contributed by atoms with Gasteiger partial charge in [0.1, 0.15) is 0 Å². The summed E-state index contributed by atoms with van der Waals surface area (Å²) >= 11 is 0. The monoisotopic (exact) mass is 372 g/mol. The molecule has 0 unspecified atom stereocenters. The molecular weight excluding hydrogens is 340 g/mol. The van der Waals surface area contributed by atoms with E-state index in [-0.39, 0.29) is 11.8 Å². The van der Waals surface area contributed by atoms with E-state index in [1.807, 2.05) is 6.07 Å². The molecule has 0 radical (unpaired) electrons. The van der Waals surface area contributed by atoms with Crippen LogP contribution in [-0.4, -0.2) is 48.8 Å². The number of methoxy groups -OCH3 is 1. The number of amides is 1. The van der Waals surface area contributed by atoms with Crippen LogP contribution in [0.1, 0.15) is 39.0 Å². The number of imidazole rings is 1. The molecule has 27 heavy (non-hydrogen) atoms. The van der Waals surface area contributed by atoms with Gasteiger partial charge in [-0.2, -0.15) is 0 Å². The normalized spacial score (nSPS) is 17.4. The van der Waals surface area contributed by atoms with E-state index in [1.54, 1.807) is 7.11 Å². The van der Waals surface area contributed by atoms with Gasteiger partial charge in [-0.25, -0.2) is 4.98 Å². The van der Waals surface area contributed by atoms with Crippen molar-refractivity contribution in [3.63, 3.8) is 0 Å². The molecule has 1 aliphatic heterocycles. The number of aryl methyl sites for hydroxylation is 1. The van der Waals surface area contributed by atoms with E-state index in [9.17, 15) is 4.79 Å². The van der Waals surface area contributed by atoms with Crippen LogP contribution in [0, 0.1) is 5.92 Å². The molecule has 1 atom stereocenters. The summed E-state index contributed by atoms with van der Waals surface area (Å²) in [6, 6.07) is 8.33. The molecular formula is C21H32N4O2. The third-order valence-electron chi connectivity index (χ3n) is 5.27. The average Bonchev–Trinajstić information content (AvgIpc) is 3.08. The zero-order valence-electron chi connectivity index (χ0n) is 16.6. The van der Waals surface area contributed by atoms with Crippen LogP contribution in [0.15, 0.2) is 24.3 Å². The number of ether oxygens (including phenoxy) is 1. The maximum atomic E-state index is 12.6. The fraction of sp³-hybridized carbons (Fsp3) is 0.619. The van der Waals surface area contributed by atoms with Gasteiger partial charge in [-0.3, -0.25) is 4.79 Å². The van der Waals surface area contributed by atoms with Crippen LogP contribution >= 0.6 is 0 Å². The number of unbranched alkanes of at least 4 members (excludes halogenated alkanes) is 1. The lowest BCUT2D eigenvalue weighted by molar-refractivity contribution is -0.125. The first-order valence-electron chi connectivity index (χ1n) is 10.2. The Labute approximate surface area is 161 Å². The lowest BCUT2D eigenvalue weighted by Gasteiger charge is -2.33. The van der Waals surface area contributed by atoms with Gasteiger partial charge in [0.2, 0.25) is 11.9 Å². The van der Waals surface area contributed by atoms with Crippen molar-refractivity contribution in [2.24, 2.45) is 5.92 Å². The molecule has 0 saturated carbocycles. The van der Waals surface area contributed by atoms with Crippen molar-refractivity contribution in [1.29, 1.82) is 0 Å². The number of para-hydroxylation sites is 2. The summed E-state index contributed by atoms with van der Waals surface area (Å²) in [5.41, 5.74) is 2.22. The molecule has 1 aliphatic rings. The maximum Gasteiger partial charge on any atom is 0.224 e. The molecule has 2 aromatic rings. The fourth-order valence-electron chi connectivity index (χ4n) is 3.79. The summed E-state index contributed by atoms with van der Waals surface area (Å²) in [5, 5.41) is 3.06. The molecule has 6 heteroatoms. The summed E-state index contributed by atoms with van der Waals surface area (Å²) in [6.07, 6.45) is 5.10. The summed E-state index contributed by atoms with van der Waals surface area (Å²) in [7, 11) is 1.69. The van der Waals surface area contributed by atoms with Crippen LogP contribution in [0.25, 0.3) is 11.0 Å². The number of aromatic nitrogens is 2. The van der Waals surface area contributed by atoms with E-state index in [4.69, 9.17) is 9.72 Å². The summed E-state index contributed by atoms with van der Waals surface area (Å²) in [6.45, 7) is 6.24. The molecule has 0 spiro atoms. The number of fused-ring (bicyclic) bond motifs is 1. The van der Waals surface area contributed by atoms with Crippen LogP contribution in [0.5, 0.6) is 0 Å². The van der Waals surface area contributed by atoms with Crippen LogP contribution < -0.4 is 10.2 Å². The number of hydrogen-bond acceptors (Lipinski definition) is 4. The van der Waals surface area contributed by atoms with Crippen molar-refractivity contribution in [1.82, 2.24) is 14.9 Å². The first kappa shape index (κ1) is 19.7. The number of carbonyl (C=O) groups is 1. The molecule has 3 rings (SSSR count). The first-order valence-corrected chi connectivity index (χ1v) is 10.2. The van der Waals surface area contributed by atoms with Crippen LogP contribution in [-0.2, 0) is 16.1 Å². The highest BCUT2D eigenvalue weighted by Gasteiger charge is 2.28. The molecule has 0 aliphatic carbocycles. The number of carbonyl (C=O) groups excluding carboxylic acids is 1. The Hall–Kier alpha value is -2.08. The van der Waals surface area contributed by atoms with Crippen molar-refractivity contribution in [2.45, 2.75) is 45.6 Å². The smallest absolute Gasteiger partial charge is 0.224 e. The number of anilines is 1. The van der Waals surface area contributed by atoms with Crippen molar-refractivity contribution in [3.05, 3.63) is 24.3 Å². The number of nitrogens with one attached hydrogen (secondary N) is 1. The maximum absolute atomic E-state index is 12.6. The van der Waals surface area contributed by atoms with Crippen molar-refractivity contribution >= 4 is 22.9 Å². The van der Waals surface area contributed by atoms with E-state index in [1.165, 1.54) is 5.52 Å². The van der Waals surface area contributed by atoms with Gasteiger partial charge in [0, 0.05) is 39.9 Å². The predicted octanol–water partition coefficient (Wildman–Crippen LogP) is 3.21. The second kappa shape index (κ2) is 9.74. The molecule has 2 heterocycles. The van der Waals surface area contributed by atoms with Gasteiger partial charge >= 0.3 is 0 Å². The minimum absolute atomic E-state index is 0.0285. The number of nitrogens with zero attached hydrogens (tertiary/aromatic N) is 3. The molecule has 0 bridgehead atoms. The quantitative estimate of drug-likeness (QED) is 0.687. The average molecular weight is 373 g/mol. The zero-order valence-corrected chi connectivity index (χ0v) is 16.6. The SMILES string of the molecule is CCCCn1c(N2CCC[C@@H](C(=O)NCCCOC)C2)nc2ccccc21. The summed E-state index contributed by atoms with van der Waals surface area (Å²) in [5.74, 6) is 1.20. The van der Waals surface area contributed by atoms with Gasteiger partial charge in [-0.05, 0) is 37.8 Å². The Morgan fingerprint density at radius 3 is 3.00 bits per heavy atom. The van der Waals surface area contributed by atoms with Gasteiger partial charge in [-0.15, -0.1) is 0 Å². The zero-order chi connectivity index (χ0) is 19.1. The molecule has 148 valence electrons. The third-order valence-corrected chi connectivity index (χ3v) is 5.27. The second-order valence-electron chi connectivity index (χ2n) is 7.33. The number of piperidine rings is 1. The van der Waals surface area contributed by atoms with Crippen molar-refractivity contribution in [2.75, 3.05) is 38.3 Å². The standard InChI is InChI=1S/C21H32N4O2/c1-3-4-14-25-19-11-6-5-10-18(19)23-21(25)24-13-7-9-17(16-24)20(26)22-12-8-15-27-2/h5-6,10-11,17H,3-4,7-9,12-16H2,1-2H3,(H,22,26)/t17-/m1/s1. The van der Waals surface area contributed by atoms with E-state index in [0.29, 0.717) is 13.2 Å². The third kappa shape index (κ3) is 4.80. The van der Waals surface area contributed by atoms with E-state index in [0.717, 1.165) is 63.2 Å². The van der Waals surface area contributed by atoms with Gasteiger partial charge in [0.15, 0.2) is 0 Å². The van der Waals surface area contributed by atoms with E-state index in [2.05, 4.69) is 39.9 Å². The Balaban J connectivity index is 1.72. The molecule has 1 aromatic carbocycles. The fourth-order valence-corrected chi connectivity index (χ4v) is 3.79. The Bertz CT molecular complexity index is 743. The summed E-state index contributed by atoms with van der Waals surface area (Å²) in [4.78, 5) is 19.8. The highest BCUT2D eigenvalue weighted by atomic mass is 16.5. The minimum Gasteiger partial charge on any atom is -0.385 e. The number of rotatable bonds is 9. The van der Waals surface area contributed by atoms with E-state index >= 15 is 0 Å². The topological polar surface area (TPSA) is 59.4 Å². The summed E-state index contributed by atoms with van der Waals surface area (Å²) < 4.78 is 7.38. The van der Waals surface area contributed by atoms with E-state index < -0.39 is 0 Å². The van der Waals surface area contributed by atoms with Crippen LogP contribution in [0.3, 0.4) is 0 Å². The molecule has 1 aromatic heterocycles. The van der Waals surface area contributed by atoms with Crippen LogP contribution in [0.4, 0.5) is 5.95 Å². The Kier molecular flexibility index (Phi) is 7.10. The highest BCUT2D eigenvalue weighted by Crippen LogP contribution is 2.27. The largest absolute Gasteiger partial charge is 0.385 e. The first-order chi connectivity index (χ1) is 13.2. The molecule has 1 N–H and O–H groups in total. The number of benzene rings is 1. The molecule has 1 fully saturated rings. The minimum atomic E-state index is 0.0285. The highest BCUT2D eigenvalue weighted by molar-refractivity contribution is 5.81. The molecule has 1 amide bonds. The Morgan fingerprint density at radius 1 is 1.33 bits per heavy atom. The van der Waals surface area contributed by atoms with Gasteiger partial charge in [0.25, 0.3) is 0 Å². The van der Waals surface area contributed by atoms with Crippen molar-refractivity contribution < 1.29 is 9.53 Å². The predicted molar refractivity (Wildman–Crippen MR) is 109 cm³/mol. The van der Waals surface area contributed by atoms with Crippen molar-refractivity contribution in [3.8, 4) is 0 Å². The van der Waals surface area contributed by atoms with Crippen LogP contribution in [0.2, 0.25) is 0 Å². The molecule has 6 nitrogen and oxygen atoms in total. The lowest BCUT2D eigenvalue weighted by Crippen LogP contribution is -2.44. The molecule has 1 saturated heterocycles. The van der Waals surface area contributed by atoms with Gasteiger partial charge in [0.05, 0.1) is 17.0 Å². The van der Waals surface area contributed by atoms with Gasteiger partial charge < -0.3 is 19.5 Å².